The first-order chi connectivity index (χ1) is 14.5. The largest absolute Gasteiger partial charge is 0.491 e. The van der Waals surface area contributed by atoms with E-state index in [1.165, 1.54) is 11.8 Å². The molecule has 1 amide bonds. The maximum absolute atomic E-state index is 11.1. The molecule has 2 heterocycles. The Kier molecular flexibility index (Phi) is 7.48. The van der Waals surface area contributed by atoms with E-state index in [2.05, 4.69) is 10.2 Å². The zero-order valence-electron chi connectivity index (χ0n) is 16.1. The first kappa shape index (κ1) is 21.4. The number of primary amides is 1. The van der Waals surface area contributed by atoms with E-state index in [9.17, 15) is 9.90 Å². The van der Waals surface area contributed by atoms with Gasteiger partial charge in [0.2, 0.25) is 5.91 Å². The van der Waals surface area contributed by atoms with Crippen LogP contribution in [0.1, 0.15) is 23.6 Å². The molecular weight excluding hydrogens is 406 g/mol. The highest BCUT2D eigenvalue weighted by atomic mass is 32.2. The number of aliphatic hydroxyl groups is 1. The molecule has 9 nitrogen and oxygen atoms in total. The average molecular weight is 427 g/mol. The van der Waals surface area contributed by atoms with Crippen LogP contribution in [-0.4, -0.2) is 44.2 Å². The number of nitrogens with two attached hydrogens (primary N) is 1. The second-order valence-corrected chi connectivity index (χ2v) is 7.43. The van der Waals surface area contributed by atoms with Crippen molar-refractivity contribution in [2.75, 3.05) is 12.4 Å². The summed E-state index contributed by atoms with van der Waals surface area (Å²) in [6.07, 6.45) is 1.38. The summed E-state index contributed by atoms with van der Waals surface area (Å²) in [5.74, 6) is 1.85. The minimum absolute atomic E-state index is 0.0970. The molecule has 0 aliphatic heterocycles. The van der Waals surface area contributed by atoms with Crippen LogP contribution < -0.4 is 10.5 Å². The van der Waals surface area contributed by atoms with E-state index in [4.69, 9.17) is 20.1 Å². The number of hydrogen-bond donors (Lipinski definition) is 2. The molecule has 3 N–H and O–H groups in total. The molecule has 10 heteroatoms. The van der Waals surface area contributed by atoms with Crippen molar-refractivity contribution in [3.8, 4) is 11.8 Å². The topological polar surface area (TPSA) is 140 Å². The normalized spacial score (nSPS) is 11.7. The van der Waals surface area contributed by atoms with Gasteiger partial charge in [-0.25, -0.2) is 0 Å². The number of hydrogen-bond acceptors (Lipinski definition) is 8. The molecule has 0 aliphatic rings. The van der Waals surface area contributed by atoms with Gasteiger partial charge in [0.1, 0.15) is 23.9 Å². The summed E-state index contributed by atoms with van der Waals surface area (Å²) in [7, 11) is 0. The number of furan rings is 1. The van der Waals surface area contributed by atoms with Crippen LogP contribution in [0.25, 0.3) is 0 Å². The molecule has 0 radical (unpaired) electrons. The van der Waals surface area contributed by atoms with Gasteiger partial charge in [0.05, 0.1) is 30.5 Å². The van der Waals surface area contributed by atoms with Crippen molar-refractivity contribution in [2.24, 2.45) is 5.73 Å². The zero-order valence-corrected chi connectivity index (χ0v) is 16.9. The van der Waals surface area contributed by atoms with E-state index in [0.29, 0.717) is 41.0 Å². The van der Waals surface area contributed by atoms with E-state index in [1.807, 2.05) is 16.7 Å². The van der Waals surface area contributed by atoms with Crippen LogP contribution in [0.15, 0.2) is 52.2 Å². The molecule has 3 rings (SSSR count). The highest BCUT2D eigenvalue weighted by Gasteiger charge is 2.17. The van der Waals surface area contributed by atoms with Crippen molar-refractivity contribution in [1.82, 2.24) is 14.8 Å². The highest BCUT2D eigenvalue weighted by Crippen LogP contribution is 2.21. The minimum Gasteiger partial charge on any atom is -0.491 e. The third-order valence-corrected chi connectivity index (χ3v) is 5.22. The van der Waals surface area contributed by atoms with Crippen LogP contribution in [0.4, 0.5) is 0 Å². The number of carbonyl (C=O) groups excluding carboxylic acids is 1. The number of rotatable bonds is 11. The van der Waals surface area contributed by atoms with Crippen molar-refractivity contribution < 1.29 is 19.1 Å². The lowest BCUT2D eigenvalue weighted by molar-refractivity contribution is -0.118. The molecule has 1 unspecified atom stereocenters. The predicted molar refractivity (Wildman–Crippen MR) is 109 cm³/mol. The monoisotopic (exact) mass is 427 g/mol. The van der Waals surface area contributed by atoms with Gasteiger partial charge in [-0.1, -0.05) is 11.8 Å². The fourth-order valence-corrected chi connectivity index (χ4v) is 3.46. The summed E-state index contributed by atoms with van der Waals surface area (Å²) in [6, 6.07) is 12.3. The standard InChI is InChI=1S/C20H21N5O4S/c21-10-14-3-5-16(6-4-14)29-12-15(26)13-30-20-24-23-19(8-7-18(22)27)25(20)11-17-2-1-9-28-17/h1-6,9,15,26H,7-8,11-13H2,(H2,22,27). The van der Waals surface area contributed by atoms with Gasteiger partial charge in [-0.05, 0) is 36.4 Å². The highest BCUT2D eigenvalue weighted by molar-refractivity contribution is 7.99. The van der Waals surface area contributed by atoms with E-state index in [0.717, 1.165) is 5.76 Å². The molecule has 0 aliphatic carbocycles. The third kappa shape index (κ3) is 6.10. The SMILES string of the molecule is N#Cc1ccc(OCC(O)CSc2nnc(CCC(N)=O)n2Cc2ccco2)cc1. The predicted octanol–water partition coefficient (Wildman–Crippen LogP) is 1.74. The van der Waals surface area contributed by atoms with Crippen LogP contribution in [0.2, 0.25) is 0 Å². The van der Waals surface area contributed by atoms with E-state index < -0.39 is 12.0 Å². The lowest BCUT2D eigenvalue weighted by Gasteiger charge is -2.13. The molecule has 0 fully saturated rings. The molecule has 0 saturated carbocycles. The van der Waals surface area contributed by atoms with Crippen molar-refractivity contribution >= 4 is 17.7 Å². The second-order valence-electron chi connectivity index (χ2n) is 6.44. The van der Waals surface area contributed by atoms with Gasteiger partial charge in [-0.2, -0.15) is 5.26 Å². The summed E-state index contributed by atoms with van der Waals surface area (Å²) in [5.41, 5.74) is 5.79. The van der Waals surface area contributed by atoms with E-state index >= 15 is 0 Å². The van der Waals surface area contributed by atoms with Crippen LogP contribution in [0.5, 0.6) is 5.75 Å². The molecule has 1 aromatic carbocycles. The molecule has 0 spiro atoms. The molecule has 1 atom stereocenters. The van der Waals surface area contributed by atoms with Gasteiger partial charge >= 0.3 is 0 Å². The first-order valence-corrected chi connectivity index (χ1v) is 10.2. The second kappa shape index (κ2) is 10.5. The smallest absolute Gasteiger partial charge is 0.217 e. The third-order valence-electron chi connectivity index (χ3n) is 4.11. The molecule has 30 heavy (non-hydrogen) atoms. The number of thioether (sulfide) groups is 1. The van der Waals surface area contributed by atoms with Crippen LogP contribution >= 0.6 is 11.8 Å². The van der Waals surface area contributed by atoms with Crippen molar-refractivity contribution in [2.45, 2.75) is 30.6 Å². The number of nitriles is 1. The van der Waals surface area contributed by atoms with Crippen molar-refractivity contribution in [3.63, 3.8) is 0 Å². The number of nitrogens with zero attached hydrogens (tertiary/aromatic N) is 4. The Labute approximate surface area is 177 Å². The van der Waals surface area contributed by atoms with Crippen LogP contribution in [0, 0.1) is 11.3 Å². The average Bonchev–Trinajstić information content (AvgIpc) is 3.40. The Balaban J connectivity index is 1.58. The lowest BCUT2D eigenvalue weighted by atomic mass is 10.2. The number of aliphatic hydroxyl groups excluding tert-OH is 1. The number of carbonyl (C=O) groups is 1. The van der Waals surface area contributed by atoms with Crippen LogP contribution in [-0.2, 0) is 17.8 Å². The van der Waals surface area contributed by atoms with Gasteiger partial charge in [-0.15, -0.1) is 10.2 Å². The number of amides is 1. The Morgan fingerprint density at radius 1 is 1.33 bits per heavy atom. The number of aromatic nitrogens is 3. The minimum atomic E-state index is -0.742. The number of benzene rings is 1. The van der Waals surface area contributed by atoms with E-state index in [-0.39, 0.29) is 13.0 Å². The van der Waals surface area contributed by atoms with Gasteiger partial charge < -0.3 is 20.0 Å². The summed E-state index contributed by atoms with van der Waals surface area (Å²) in [5, 5.41) is 28.0. The summed E-state index contributed by atoms with van der Waals surface area (Å²) < 4.78 is 12.8. The Bertz CT molecular complexity index is 995. The Morgan fingerprint density at radius 3 is 2.80 bits per heavy atom. The van der Waals surface area contributed by atoms with Gasteiger partial charge in [0.25, 0.3) is 0 Å². The number of aryl methyl sites for hydroxylation is 1. The molecular formula is C20H21N5O4S. The zero-order chi connectivity index (χ0) is 21.3. The molecule has 156 valence electrons. The van der Waals surface area contributed by atoms with Gasteiger partial charge in [0.15, 0.2) is 5.16 Å². The Hall–Kier alpha value is -3.29. The first-order valence-electron chi connectivity index (χ1n) is 9.21. The fraction of sp³-hybridized carbons (Fsp3) is 0.300. The summed E-state index contributed by atoms with van der Waals surface area (Å²) >= 11 is 1.33. The maximum Gasteiger partial charge on any atom is 0.217 e. The van der Waals surface area contributed by atoms with E-state index in [1.54, 1.807) is 36.6 Å². The summed E-state index contributed by atoms with van der Waals surface area (Å²) in [4.78, 5) is 11.1. The van der Waals surface area contributed by atoms with Crippen molar-refractivity contribution in [1.29, 1.82) is 5.26 Å². The maximum atomic E-state index is 11.1. The van der Waals surface area contributed by atoms with Gasteiger partial charge in [-0.3, -0.25) is 9.36 Å². The molecule has 0 bridgehead atoms. The molecule has 2 aromatic heterocycles. The molecule has 3 aromatic rings. The molecule has 0 saturated heterocycles. The quantitative estimate of drug-likeness (QED) is 0.441. The van der Waals surface area contributed by atoms with Crippen LogP contribution in [0.3, 0.4) is 0 Å². The fourth-order valence-electron chi connectivity index (χ4n) is 2.60. The van der Waals surface area contributed by atoms with Crippen molar-refractivity contribution in [3.05, 3.63) is 59.8 Å². The number of ether oxygens (including phenoxy) is 1. The Morgan fingerprint density at radius 2 is 2.13 bits per heavy atom. The summed E-state index contributed by atoms with van der Waals surface area (Å²) in [6.45, 7) is 0.508. The van der Waals surface area contributed by atoms with Gasteiger partial charge in [0, 0.05) is 18.6 Å². The lowest BCUT2D eigenvalue weighted by Crippen LogP contribution is -2.20.